The van der Waals surface area contributed by atoms with Gasteiger partial charge in [0.15, 0.2) is 11.6 Å². The third kappa shape index (κ3) is 5.99. The van der Waals surface area contributed by atoms with Gasteiger partial charge in [-0.2, -0.15) is 0 Å². The van der Waals surface area contributed by atoms with Crippen molar-refractivity contribution >= 4 is 5.97 Å². The summed E-state index contributed by atoms with van der Waals surface area (Å²) in [7, 11) is 0. The number of ether oxygens (including phenoxy) is 2. The molecule has 0 saturated carbocycles. The fourth-order valence-corrected chi connectivity index (χ4v) is 2.44. The molecule has 0 aliphatic carbocycles. The van der Waals surface area contributed by atoms with Crippen LogP contribution in [0.15, 0.2) is 55.1 Å². The van der Waals surface area contributed by atoms with Crippen LogP contribution >= 0.6 is 0 Å². The minimum absolute atomic E-state index is 0.230. The molecular weight excluding hydrogens is 338 g/mol. The average Bonchev–Trinajstić information content (AvgIpc) is 2.66. The predicted molar refractivity (Wildman–Crippen MR) is 96.9 cm³/mol. The van der Waals surface area contributed by atoms with Gasteiger partial charge in [-0.1, -0.05) is 30.8 Å². The molecule has 0 N–H and O–H groups in total. The Hall–Kier alpha value is -2.69. The van der Waals surface area contributed by atoms with Crippen molar-refractivity contribution in [3.63, 3.8) is 0 Å². The number of halogens is 2. The van der Waals surface area contributed by atoms with Gasteiger partial charge in [0.2, 0.25) is 0 Å². The number of carbonyl (C=O) groups excluding carboxylic acids is 1. The molecule has 0 fully saturated rings. The summed E-state index contributed by atoms with van der Waals surface area (Å²) in [4.78, 5) is 10.9. The minimum atomic E-state index is -0.859. The summed E-state index contributed by atoms with van der Waals surface area (Å²) in [6.45, 7) is 4.31. The lowest BCUT2D eigenvalue weighted by atomic mass is 10.0. The maximum Gasteiger partial charge on any atom is 0.330 e. The van der Waals surface area contributed by atoms with Gasteiger partial charge in [0, 0.05) is 11.6 Å². The molecule has 2 rings (SSSR count). The Morgan fingerprint density at radius 1 is 0.962 bits per heavy atom. The van der Waals surface area contributed by atoms with E-state index < -0.39 is 17.6 Å². The summed E-state index contributed by atoms with van der Waals surface area (Å²) in [6, 6.07) is 11.0. The van der Waals surface area contributed by atoms with E-state index in [-0.39, 0.29) is 5.56 Å². The van der Waals surface area contributed by atoms with Crippen molar-refractivity contribution in [3.05, 3.63) is 66.8 Å². The van der Waals surface area contributed by atoms with Crippen LogP contribution in [0.2, 0.25) is 0 Å². The first-order valence-corrected chi connectivity index (χ1v) is 8.58. The molecule has 0 amide bonds. The Balaban J connectivity index is 1.69. The second-order valence-corrected chi connectivity index (χ2v) is 5.76. The van der Waals surface area contributed by atoms with Crippen LogP contribution in [0.25, 0.3) is 11.1 Å². The molecule has 5 heteroatoms. The van der Waals surface area contributed by atoms with E-state index in [0.29, 0.717) is 24.5 Å². The Morgan fingerprint density at radius 2 is 1.65 bits per heavy atom. The maximum atomic E-state index is 13.8. The van der Waals surface area contributed by atoms with E-state index >= 15 is 0 Å². The number of hydrogen-bond donors (Lipinski definition) is 0. The second kappa shape index (κ2) is 10.3. The summed E-state index contributed by atoms with van der Waals surface area (Å²) < 4.78 is 37.6. The highest BCUT2D eigenvalue weighted by molar-refractivity contribution is 5.81. The molecule has 0 saturated heterocycles. The van der Waals surface area contributed by atoms with Crippen LogP contribution in [-0.2, 0) is 9.53 Å². The van der Waals surface area contributed by atoms with Gasteiger partial charge < -0.3 is 9.47 Å². The third-order valence-corrected chi connectivity index (χ3v) is 3.84. The summed E-state index contributed by atoms with van der Waals surface area (Å²) in [5, 5.41) is 0. The van der Waals surface area contributed by atoms with Crippen LogP contribution in [0, 0.1) is 11.6 Å². The molecule has 0 aliphatic heterocycles. The van der Waals surface area contributed by atoms with E-state index in [2.05, 4.69) is 6.58 Å². The highest BCUT2D eigenvalue weighted by Crippen LogP contribution is 2.26. The van der Waals surface area contributed by atoms with Crippen molar-refractivity contribution in [2.45, 2.75) is 25.7 Å². The fraction of sp³-hybridized carbons (Fsp3) is 0.286. The minimum Gasteiger partial charge on any atom is -0.494 e. The lowest BCUT2D eigenvalue weighted by Crippen LogP contribution is -2.02. The summed E-state index contributed by atoms with van der Waals surface area (Å²) >= 11 is 0. The molecule has 0 radical (unpaired) electrons. The molecule has 3 nitrogen and oxygen atoms in total. The first kappa shape index (κ1) is 19.6. The van der Waals surface area contributed by atoms with E-state index in [1.807, 2.05) is 0 Å². The Bertz CT molecular complexity index is 727. The Labute approximate surface area is 152 Å². The second-order valence-electron chi connectivity index (χ2n) is 5.76. The predicted octanol–water partition coefficient (Wildman–Crippen LogP) is 5.30. The van der Waals surface area contributed by atoms with E-state index in [9.17, 15) is 13.6 Å². The lowest BCUT2D eigenvalue weighted by Gasteiger charge is -2.08. The van der Waals surface area contributed by atoms with E-state index in [1.165, 1.54) is 6.07 Å². The zero-order valence-corrected chi connectivity index (χ0v) is 14.5. The number of benzene rings is 2. The molecule has 2 aromatic rings. The molecular formula is C21H22F2O3. The van der Waals surface area contributed by atoms with Gasteiger partial charge in [0.25, 0.3) is 0 Å². The Kier molecular flexibility index (Phi) is 7.80. The number of rotatable bonds is 10. The SMILES string of the molecule is C=CC(=O)OCCCCCCOc1ccc(-c2cccc(F)c2F)cc1. The molecule has 2 aromatic carbocycles. The monoisotopic (exact) mass is 360 g/mol. The van der Waals surface area contributed by atoms with E-state index in [0.717, 1.165) is 37.8 Å². The lowest BCUT2D eigenvalue weighted by molar-refractivity contribution is -0.137. The third-order valence-electron chi connectivity index (χ3n) is 3.84. The summed E-state index contributed by atoms with van der Waals surface area (Å²) in [5.41, 5.74) is 0.831. The standard InChI is InChI=1S/C21H22F2O3/c1-2-20(24)26-15-6-4-3-5-14-25-17-12-10-16(11-13-17)18-8-7-9-19(22)21(18)23/h2,7-13H,1,3-6,14-15H2. The van der Waals surface area contributed by atoms with E-state index in [4.69, 9.17) is 9.47 Å². The number of carbonyl (C=O) groups is 1. The first-order chi connectivity index (χ1) is 12.6. The van der Waals surface area contributed by atoms with Crippen molar-refractivity contribution in [2.75, 3.05) is 13.2 Å². The average molecular weight is 360 g/mol. The van der Waals surface area contributed by atoms with Crippen molar-refractivity contribution in [1.29, 1.82) is 0 Å². The molecule has 0 bridgehead atoms. The molecule has 0 aliphatic rings. The largest absolute Gasteiger partial charge is 0.494 e. The van der Waals surface area contributed by atoms with Gasteiger partial charge in [0.05, 0.1) is 13.2 Å². The topological polar surface area (TPSA) is 35.5 Å². The molecule has 138 valence electrons. The molecule has 0 heterocycles. The summed E-state index contributed by atoms with van der Waals surface area (Å²) in [6.07, 6.45) is 4.77. The first-order valence-electron chi connectivity index (χ1n) is 8.58. The van der Waals surface area contributed by atoms with Crippen LogP contribution in [0.1, 0.15) is 25.7 Å². The van der Waals surface area contributed by atoms with Crippen molar-refractivity contribution in [3.8, 4) is 16.9 Å². The summed E-state index contributed by atoms with van der Waals surface area (Å²) in [5.74, 6) is -1.41. The van der Waals surface area contributed by atoms with Crippen LogP contribution in [0.4, 0.5) is 8.78 Å². The normalized spacial score (nSPS) is 10.4. The van der Waals surface area contributed by atoms with Crippen LogP contribution in [-0.4, -0.2) is 19.2 Å². The maximum absolute atomic E-state index is 13.8. The van der Waals surface area contributed by atoms with Gasteiger partial charge >= 0.3 is 5.97 Å². The van der Waals surface area contributed by atoms with Gasteiger partial charge in [-0.25, -0.2) is 13.6 Å². The van der Waals surface area contributed by atoms with Gasteiger partial charge in [-0.15, -0.1) is 0 Å². The zero-order valence-electron chi connectivity index (χ0n) is 14.5. The van der Waals surface area contributed by atoms with Crippen LogP contribution in [0.5, 0.6) is 5.75 Å². The van der Waals surface area contributed by atoms with Gasteiger partial charge in [0.1, 0.15) is 5.75 Å². The molecule has 0 aromatic heterocycles. The van der Waals surface area contributed by atoms with Crippen molar-refractivity contribution in [2.24, 2.45) is 0 Å². The smallest absolute Gasteiger partial charge is 0.330 e. The zero-order chi connectivity index (χ0) is 18.8. The number of esters is 1. The number of hydrogen-bond acceptors (Lipinski definition) is 3. The van der Waals surface area contributed by atoms with Crippen molar-refractivity contribution < 1.29 is 23.0 Å². The molecule has 0 atom stereocenters. The van der Waals surface area contributed by atoms with Gasteiger partial charge in [-0.05, 0) is 49.4 Å². The highest BCUT2D eigenvalue weighted by atomic mass is 19.2. The molecule has 26 heavy (non-hydrogen) atoms. The van der Waals surface area contributed by atoms with Crippen molar-refractivity contribution in [1.82, 2.24) is 0 Å². The number of unbranched alkanes of at least 4 members (excludes halogenated alkanes) is 3. The Morgan fingerprint density at radius 3 is 2.35 bits per heavy atom. The molecule has 0 spiro atoms. The highest BCUT2D eigenvalue weighted by Gasteiger charge is 2.09. The van der Waals surface area contributed by atoms with E-state index in [1.54, 1.807) is 30.3 Å². The van der Waals surface area contributed by atoms with Crippen LogP contribution < -0.4 is 4.74 Å². The van der Waals surface area contributed by atoms with Gasteiger partial charge in [-0.3, -0.25) is 0 Å². The molecule has 0 unspecified atom stereocenters. The van der Waals surface area contributed by atoms with Crippen LogP contribution in [0.3, 0.4) is 0 Å². The fourth-order valence-electron chi connectivity index (χ4n) is 2.44. The quantitative estimate of drug-likeness (QED) is 0.328.